The van der Waals surface area contributed by atoms with Crippen molar-refractivity contribution in [2.24, 2.45) is 18.9 Å². The third-order valence-electron chi connectivity index (χ3n) is 5.07. The third kappa shape index (κ3) is 2.28. The molecule has 0 bridgehead atoms. The highest BCUT2D eigenvalue weighted by molar-refractivity contribution is 5.47. The molecule has 0 amide bonds. The van der Waals surface area contributed by atoms with E-state index in [-0.39, 0.29) is 23.1 Å². The highest BCUT2D eigenvalue weighted by Gasteiger charge is 2.46. The van der Waals surface area contributed by atoms with Crippen LogP contribution in [0.25, 0.3) is 0 Å². The van der Waals surface area contributed by atoms with E-state index in [0.717, 1.165) is 19.3 Å². The normalized spacial score (nSPS) is 23.5. The Balaban J connectivity index is 1.78. The fourth-order valence-electron chi connectivity index (χ4n) is 3.73. The topological polar surface area (TPSA) is 90.6 Å². The lowest BCUT2D eigenvalue weighted by atomic mass is 9.94. The standard InChI is InChI=1S/C16H17FN6O/c1-22-15(20-21-16(22)24)13-11(10-2-3-10)4-5-23(13)14-12(17)6-9(7-18)8-19-14/h6,8,10-11,13H,2-5H2,1H3,(H,21,24). The summed E-state index contributed by atoms with van der Waals surface area (Å²) in [6, 6.07) is 2.91. The zero-order valence-corrected chi connectivity index (χ0v) is 13.2. The van der Waals surface area contributed by atoms with Crippen LogP contribution in [-0.4, -0.2) is 26.3 Å². The molecule has 4 rings (SSSR count). The number of pyridine rings is 1. The number of nitrogens with one attached hydrogen (secondary N) is 1. The number of aromatic nitrogens is 4. The predicted molar refractivity (Wildman–Crippen MR) is 83.7 cm³/mol. The van der Waals surface area contributed by atoms with E-state index in [9.17, 15) is 9.18 Å². The van der Waals surface area contributed by atoms with E-state index in [2.05, 4.69) is 15.2 Å². The van der Waals surface area contributed by atoms with Gasteiger partial charge in [-0.3, -0.25) is 4.57 Å². The Morgan fingerprint density at radius 1 is 1.42 bits per heavy atom. The highest BCUT2D eigenvalue weighted by Crippen LogP contribution is 2.50. The van der Waals surface area contributed by atoms with Gasteiger partial charge in [0.05, 0.1) is 11.6 Å². The Hall–Kier alpha value is -2.69. The summed E-state index contributed by atoms with van der Waals surface area (Å²) in [5.74, 6) is 1.23. The Labute approximate surface area is 137 Å². The first-order valence-electron chi connectivity index (χ1n) is 8.03. The molecule has 2 aliphatic rings. The molecule has 1 saturated carbocycles. The van der Waals surface area contributed by atoms with Gasteiger partial charge in [0, 0.05) is 19.8 Å². The summed E-state index contributed by atoms with van der Waals surface area (Å²) in [5.41, 5.74) is -0.0856. The van der Waals surface area contributed by atoms with Crippen molar-refractivity contribution >= 4 is 5.82 Å². The molecular formula is C16H17FN6O. The molecule has 2 atom stereocenters. The Morgan fingerprint density at radius 2 is 2.21 bits per heavy atom. The monoisotopic (exact) mass is 328 g/mol. The summed E-state index contributed by atoms with van der Waals surface area (Å²) in [6.07, 6.45) is 4.62. The van der Waals surface area contributed by atoms with Gasteiger partial charge >= 0.3 is 5.69 Å². The minimum atomic E-state index is -0.518. The van der Waals surface area contributed by atoms with E-state index in [1.54, 1.807) is 7.05 Å². The summed E-state index contributed by atoms with van der Waals surface area (Å²) in [4.78, 5) is 17.8. The molecule has 124 valence electrons. The maximum absolute atomic E-state index is 14.5. The van der Waals surface area contributed by atoms with Crippen LogP contribution >= 0.6 is 0 Å². The highest BCUT2D eigenvalue weighted by atomic mass is 19.1. The van der Waals surface area contributed by atoms with Gasteiger partial charge in [-0.25, -0.2) is 19.3 Å². The zero-order valence-electron chi connectivity index (χ0n) is 13.2. The Bertz CT molecular complexity index is 877. The van der Waals surface area contributed by atoms with Crippen LogP contribution in [0.5, 0.6) is 0 Å². The molecule has 1 saturated heterocycles. The molecule has 0 radical (unpaired) electrons. The number of rotatable bonds is 3. The smallest absolute Gasteiger partial charge is 0.343 e. The largest absolute Gasteiger partial charge is 0.344 e. The van der Waals surface area contributed by atoms with Crippen molar-refractivity contribution in [1.29, 1.82) is 5.26 Å². The van der Waals surface area contributed by atoms with E-state index in [4.69, 9.17) is 5.26 Å². The Kier molecular flexibility index (Phi) is 3.37. The minimum absolute atomic E-state index is 0.184. The van der Waals surface area contributed by atoms with E-state index in [1.807, 2.05) is 11.0 Å². The van der Waals surface area contributed by atoms with Crippen LogP contribution < -0.4 is 10.6 Å². The maximum Gasteiger partial charge on any atom is 0.343 e. The minimum Gasteiger partial charge on any atom is -0.344 e. The summed E-state index contributed by atoms with van der Waals surface area (Å²) in [7, 11) is 1.67. The fourth-order valence-corrected chi connectivity index (χ4v) is 3.73. The molecule has 2 fully saturated rings. The number of nitriles is 1. The van der Waals surface area contributed by atoms with Crippen LogP contribution in [0.2, 0.25) is 0 Å². The van der Waals surface area contributed by atoms with Crippen molar-refractivity contribution in [3.05, 3.63) is 40.0 Å². The van der Waals surface area contributed by atoms with Crippen molar-refractivity contribution in [2.45, 2.75) is 25.3 Å². The van der Waals surface area contributed by atoms with Crippen LogP contribution in [0.3, 0.4) is 0 Å². The van der Waals surface area contributed by atoms with Gasteiger partial charge in [-0.2, -0.15) is 10.4 Å². The van der Waals surface area contributed by atoms with Crippen LogP contribution in [0.1, 0.15) is 36.7 Å². The van der Waals surface area contributed by atoms with Gasteiger partial charge in [-0.05, 0) is 37.2 Å². The first-order chi connectivity index (χ1) is 11.6. The molecule has 3 heterocycles. The SMILES string of the molecule is Cn1c(C2C(C3CC3)CCN2c2ncc(C#N)cc2F)n[nH]c1=O. The van der Waals surface area contributed by atoms with Gasteiger partial charge in [-0.1, -0.05) is 0 Å². The molecule has 1 aliphatic heterocycles. The number of aromatic amines is 1. The predicted octanol–water partition coefficient (Wildman–Crippen LogP) is 1.49. The molecule has 1 N–H and O–H groups in total. The second-order valence-electron chi connectivity index (χ2n) is 6.52. The second kappa shape index (κ2) is 5.44. The summed E-state index contributed by atoms with van der Waals surface area (Å²) < 4.78 is 16.0. The molecule has 2 aromatic heterocycles. The first-order valence-corrected chi connectivity index (χ1v) is 8.03. The van der Waals surface area contributed by atoms with Gasteiger partial charge in [-0.15, -0.1) is 0 Å². The zero-order chi connectivity index (χ0) is 16.8. The van der Waals surface area contributed by atoms with Crippen molar-refractivity contribution in [3.8, 4) is 6.07 Å². The van der Waals surface area contributed by atoms with Crippen LogP contribution in [-0.2, 0) is 7.05 Å². The molecule has 2 aromatic rings. The third-order valence-corrected chi connectivity index (χ3v) is 5.07. The van der Waals surface area contributed by atoms with Crippen molar-refractivity contribution in [3.63, 3.8) is 0 Å². The number of nitrogens with zero attached hydrogens (tertiary/aromatic N) is 5. The van der Waals surface area contributed by atoms with Crippen molar-refractivity contribution in [2.75, 3.05) is 11.4 Å². The number of halogens is 1. The van der Waals surface area contributed by atoms with Gasteiger partial charge in [0.25, 0.3) is 0 Å². The lowest BCUT2D eigenvalue weighted by molar-refractivity contribution is 0.404. The van der Waals surface area contributed by atoms with Gasteiger partial charge in [0.15, 0.2) is 17.5 Å². The Morgan fingerprint density at radius 3 is 2.79 bits per heavy atom. The van der Waals surface area contributed by atoms with E-state index >= 15 is 0 Å². The fraction of sp³-hybridized carbons (Fsp3) is 0.500. The lowest BCUT2D eigenvalue weighted by Crippen LogP contribution is -2.31. The summed E-state index contributed by atoms with van der Waals surface area (Å²) in [6.45, 7) is 0.655. The van der Waals surface area contributed by atoms with Crippen molar-refractivity contribution < 1.29 is 4.39 Å². The number of hydrogen-bond acceptors (Lipinski definition) is 5. The van der Waals surface area contributed by atoms with Gasteiger partial charge in [0.1, 0.15) is 6.07 Å². The lowest BCUT2D eigenvalue weighted by Gasteiger charge is -2.28. The molecule has 2 unspecified atom stereocenters. The summed E-state index contributed by atoms with van der Waals surface area (Å²) >= 11 is 0. The maximum atomic E-state index is 14.5. The second-order valence-corrected chi connectivity index (χ2v) is 6.52. The van der Waals surface area contributed by atoms with Crippen LogP contribution in [0.15, 0.2) is 17.1 Å². The molecular weight excluding hydrogens is 311 g/mol. The van der Waals surface area contributed by atoms with E-state index < -0.39 is 5.82 Å². The number of hydrogen-bond donors (Lipinski definition) is 1. The number of H-pyrrole nitrogens is 1. The molecule has 24 heavy (non-hydrogen) atoms. The summed E-state index contributed by atoms with van der Waals surface area (Å²) in [5, 5.41) is 15.5. The average Bonchev–Trinajstić information content (AvgIpc) is 3.26. The van der Waals surface area contributed by atoms with Crippen LogP contribution in [0, 0.1) is 29.0 Å². The molecule has 0 aromatic carbocycles. The van der Waals surface area contributed by atoms with Gasteiger partial charge in [0.2, 0.25) is 0 Å². The van der Waals surface area contributed by atoms with Crippen molar-refractivity contribution in [1.82, 2.24) is 19.7 Å². The molecule has 8 heteroatoms. The molecule has 1 aliphatic carbocycles. The molecule has 7 nitrogen and oxygen atoms in total. The molecule has 0 spiro atoms. The average molecular weight is 328 g/mol. The van der Waals surface area contributed by atoms with Crippen LogP contribution in [0.4, 0.5) is 10.2 Å². The van der Waals surface area contributed by atoms with E-state index in [1.165, 1.54) is 16.8 Å². The first kappa shape index (κ1) is 14.9. The quantitative estimate of drug-likeness (QED) is 0.922. The van der Waals surface area contributed by atoms with Gasteiger partial charge < -0.3 is 4.90 Å². The number of anilines is 1. The van der Waals surface area contributed by atoms with E-state index in [0.29, 0.717) is 24.2 Å².